The molecule has 7 rings (SSSR count). The van der Waals surface area contributed by atoms with E-state index < -0.39 is 0 Å². The molecule has 4 aromatic heterocycles. The van der Waals surface area contributed by atoms with Crippen LogP contribution in [-0.4, -0.2) is 19.4 Å². The topological polar surface area (TPSA) is 43.1 Å². The first-order valence-electron chi connectivity index (χ1n) is 9.44. The molecule has 0 radical (unpaired) electrons. The third-order valence-electron chi connectivity index (χ3n) is 5.88. The van der Waals surface area contributed by atoms with Crippen LogP contribution < -0.4 is 0 Å². The van der Waals surface area contributed by atoms with Crippen LogP contribution in [0, 0.1) is 0 Å². The molecule has 0 aliphatic heterocycles. The van der Waals surface area contributed by atoms with E-state index in [1.54, 1.807) is 0 Å². The van der Waals surface area contributed by atoms with Gasteiger partial charge in [0.25, 0.3) is 0 Å². The van der Waals surface area contributed by atoms with Crippen molar-refractivity contribution in [1.82, 2.24) is 19.4 Å². The molecule has 28 heavy (non-hydrogen) atoms. The fraction of sp³-hybridized carbons (Fsp3) is 0.0417. The van der Waals surface area contributed by atoms with Crippen LogP contribution in [-0.2, 0) is 6.42 Å². The minimum absolute atomic E-state index is 0.901. The summed E-state index contributed by atoms with van der Waals surface area (Å²) in [5, 5.41) is 1.03. The minimum atomic E-state index is 0.901. The zero-order valence-electron chi connectivity index (χ0n) is 14.9. The molecule has 0 atom stereocenters. The Morgan fingerprint density at radius 3 is 2.46 bits per heavy atom. The number of hydrogen-bond acceptors (Lipinski definition) is 3. The molecule has 0 amide bonds. The molecule has 4 heteroatoms. The van der Waals surface area contributed by atoms with E-state index in [-0.39, 0.29) is 0 Å². The Hall–Kier alpha value is -3.79. The summed E-state index contributed by atoms with van der Waals surface area (Å²) in [6.45, 7) is 0. The second-order valence-electron chi connectivity index (χ2n) is 7.34. The van der Waals surface area contributed by atoms with Gasteiger partial charge in [0.05, 0.1) is 16.6 Å². The molecule has 0 fully saturated rings. The van der Waals surface area contributed by atoms with Crippen LogP contribution in [0.5, 0.6) is 0 Å². The summed E-state index contributed by atoms with van der Waals surface area (Å²) in [6, 6.07) is 21.2. The average Bonchev–Trinajstić information content (AvgIpc) is 3.32. The van der Waals surface area contributed by atoms with Gasteiger partial charge in [0.15, 0.2) is 0 Å². The van der Waals surface area contributed by atoms with Crippen LogP contribution in [0.2, 0.25) is 0 Å². The van der Waals surface area contributed by atoms with Crippen molar-refractivity contribution < 1.29 is 0 Å². The third-order valence-corrected chi connectivity index (χ3v) is 5.88. The quantitative estimate of drug-likeness (QED) is 0.352. The molecular weight excluding hydrogens is 344 g/mol. The van der Waals surface area contributed by atoms with Crippen molar-refractivity contribution in [1.29, 1.82) is 0 Å². The van der Waals surface area contributed by atoms with Crippen molar-refractivity contribution in [3.63, 3.8) is 0 Å². The van der Waals surface area contributed by atoms with Crippen molar-refractivity contribution in [2.45, 2.75) is 6.42 Å². The number of aromatic nitrogens is 4. The van der Waals surface area contributed by atoms with Gasteiger partial charge in [-0.15, -0.1) is 0 Å². The molecule has 1 aliphatic carbocycles. The van der Waals surface area contributed by atoms with Crippen molar-refractivity contribution in [2.75, 3.05) is 0 Å². The molecular formula is C24H14N4. The Bertz CT molecular complexity index is 1590. The van der Waals surface area contributed by atoms with Gasteiger partial charge in [-0.2, -0.15) is 0 Å². The fourth-order valence-electron chi connectivity index (χ4n) is 4.72. The first-order valence-corrected chi connectivity index (χ1v) is 9.44. The maximum absolute atomic E-state index is 5.16. The molecule has 1 aliphatic rings. The van der Waals surface area contributed by atoms with Gasteiger partial charge in [-0.05, 0) is 53.4 Å². The lowest BCUT2D eigenvalue weighted by atomic mass is 10.0. The molecule has 6 aromatic rings. The van der Waals surface area contributed by atoms with E-state index in [1.165, 1.54) is 22.3 Å². The van der Waals surface area contributed by atoms with Crippen molar-refractivity contribution in [2.24, 2.45) is 0 Å². The Balaban J connectivity index is 1.77. The minimum Gasteiger partial charge on any atom is -0.290 e. The van der Waals surface area contributed by atoms with Crippen LogP contribution in [0.3, 0.4) is 0 Å². The summed E-state index contributed by atoms with van der Waals surface area (Å²) in [6.07, 6.45) is 4.62. The number of fused-ring (bicyclic) bond motifs is 12. The lowest BCUT2D eigenvalue weighted by Crippen LogP contribution is -1.94. The average molecular weight is 358 g/mol. The van der Waals surface area contributed by atoms with Gasteiger partial charge in [0.2, 0.25) is 0 Å². The van der Waals surface area contributed by atoms with E-state index in [0.29, 0.717) is 0 Å². The molecule has 4 heterocycles. The molecule has 130 valence electrons. The highest BCUT2D eigenvalue weighted by atomic mass is 15.0. The van der Waals surface area contributed by atoms with Crippen molar-refractivity contribution >= 4 is 38.6 Å². The van der Waals surface area contributed by atoms with Crippen LogP contribution in [0.4, 0.5) is 0 Å². The highest BCUT2D eigenvalue weighted by Gasteiger charge is 2.24. The van der Waals surface area contributed by atoms with Gasteiger partial charge in [-0.1, -0.05) is 30.3 Å². The van der Waals surface area contributed by atoms with Gasteiger partial charge in [-0.3, -0.25) is 14.4 Å². The Kier molecular flexibility index (Phi) is 2.51. The summed E-state index contributed by atoms with van der Waals surface area (Å²) >= 11 is 0. The number of hydrogen-bond donors (Lipinski definition) is 0. The first-order chi connectivity index (χ1) is 13.9. The monoisotopic (exact) mass is 358 g/mol. The number of imidazole rings is 1. The SMILES string of the molecule is c1ccc2c(c1)Cc1ccc3c(nc4c5cccnc5c5ncccc5n34)c1-2. The number of pyridine rings is 3. The molecule has 4 nitrogen and oxygen atoms in total. The number of rotatable bonds is 0. The molecule has 0 N–H and O–H groups in total. The zero-order chi connectivity index (χ0) is 18.2. The molecule has 0 saturated heterocycles. The van der Waals surface area contributed by atoms with E-state index in [2.05, 4.69) is 62.9 Å². The maximum Gasteiger partial charge on any atom is 0.148 e. The highest BCUT2D eigenvalue weighted by molar-refractivity contribution is 6.12. The summed E-state index contributed by atoms with van der Waals surface area (Å²) in [7, 11) is 0. The van der Waals surface area contributed by atoms with Crippen LogP contribution in [0.15, 0.2) is 73.1 Å². The highest BCUT2D eigenvalue weighted by Crippen LogP contribution is 2.42. The second-order valence-corrected chi connectivity index (χ2v) is 7.34. The van der Waals surface area contributed by atoms with Gasteiger partial charge in [-0.25, -0.2) is 4.98 Å². The van der Waals surface area contributed by atoms with Crippen molar-refractivity contribution in [3.05, 3.63) is 84.2 Å². The summed E-state index contributed by atoms with van der Waals surface area (Å²) in [5.41, 5.74) is 11.3. The predicted octanol–water partition coefficient (Wildman–Crippen LogP) is 5.16. The lowest BCUT2D eigenvalue weighted by Gasteiger charge is -2.07. The largest absolute Gasteiger partial charge is 0.290 e. The first kappa shape index (κ1) is 14.3. The molecule has 0 spiro atoms. The van der Waals surface area contributed by atoms with E-state index in [0.717, 1.165) is 45.0 Å². The molecule has 0 saturated carbocycles. The number of nitrogens with zero attached hydrogens (tertiary/aromatic N) is 4. The standard InChI is InChI=1S/C24H14N4/c1-2-6-16-14(5-1)13-15-9-10-19-22(20(15)16)27-24-17-7-3-11-25-21(17)23-18(28(19)24)8-4-12-26-23/h1-12H,13H2. The van der Waals surface area contributed by atoms with Gasteiger partial charge in [0.1, 0.15) is 16.7 Å². The summed E-state index contributed by atoms with van der Waals surface area (Å²) in [5.74, 6) is 0. The van der Waals surface area contributed by atoms with E-state index in [9.17, 15) is 0 Å². The van der Waals surface area contributed by atoms with Crippen LogP contribution in [0.25, 0.3) is 49.7 Å². The normalized spacial score (nSPS) is 12.9. The fourth-order valence-corrected chi connectivity index (χ4v) is 4.72. The number of benzene rings is 2. The Labute approximate surface area is 160 Å². The van der Waals surface area contributed by atoms with E-state index in [4.69, 9.17) is 4.98 Å². The Morgan fingerprint density at radius 2 is 1.50 bits per heavy atom. The van der Waals surface area contributed by atoms with Crippen molar-refractivity contribution in [3.8, 4) is 11.1 Å². The lowest BCUT2D eigenvalue weighted by molar-refractivity contribution is 1.26. The van der Waals surface area contributed by atoms with Gasteiger partial charge >= 0.3 is 0 Å². The van der Waals surface area contributed by atoms with Crippen LogP contribution in [0.1, 0.15) is 11.1 Å². The van der Waals surface area contributed by atoms with Gasteiger partial charge in [0, 0.05) is 23.3 Å². The van der Waals surface area contributed by atoms with Crippen LogP contribution >= 0.6 is 0 Å². The summed E-state index contributed by atoms with van der Waals surface area (Å²) in [4.78, 5) is 14.4. The summed E-state index contributed by atoms with van der Waals surface area (Å²) < 4.78 is 2.24. The molecule has 0 unspecified atom stereocenters. The molecule has 2 aromatic carbocycles. The zero-order valence-corrected chi connectivity index (χ0v) is 14.9. The molecule has 0 bridgehead atoms. The Morgan fingerprint density at radius 1 is 0.679 bits per heavy atom. The third kappa shape index (κ3) is 1.63. The smallest absolute Gasteiger partial charge is 0.148 e. The predicted molar refractivity (Wildman–Crippen MR) is 112 cm³/mol. The van der Waals surface area contributed by atoms with E-state index in [1.807, 2.05) is 24.5 Å². The van der Waals surface area contributed by atoms with Gasteiger partial charge < -0.3 is 0 Å². The maximum atomic E-state index is 5.16. The second kappa shape index (κ2) is 4.93. The van der Waals surface area contributed by atoms with E-state index >= 15 is 0 Å².